The van der Waals surface area contributed by atoms with Crippen LogP contribution in [-0.2, 0) is 19.9 Å². The first kappa shape index (κ1) is 13.3. The van der Waals surface area contributed by atoms with E-state index in [4.69, 9.17) is 0 Å². The molecule has 1 N–H and O–H groups in total. The quantitative estimate of drug-likeness (QED) is 0.925. The van der Waals surface area contributed by atoms with E-state index < -0.39 is 0 Å². The Balaban J connectivity index is 1.85. The lowest BCUT2D eigenvalue weighted by Gasteiger charge is -2.32. The van der Waals surface area contributed by atoms with Crippen molar-refractivity contribution in [2.45, 2.75) is 37.6 Å². The molecule has 1 aliphatic rings. The van der Waals surface area contributed by atoms with Crippen molar-refractivity contribution in [1.82, 2.24) is 20.1 Å². The lowest BCUT2D eigenvalue weighted by Crippen LogP contribution is -2.36. The Morgan fingerprint density at radius 3 is 3.00 bits per heavy atom. The van der Waals surface area contributed by atoms with Crippen LogP contribution in [0.5, 0.6) is 0 Å². The molecule has 4 nitrogen and oxygen atoms in total. The molecule has 20 heavy (non-hydrogen) atoms. The summed E-state index contributed by atoms with van der Waals surface area (Å²) < 4.78 is 1.87. The van der Waals surface area contributed by atoms with Gasteiger partial charge in [0.15, 0.2) is 0 Å². The predicted molar refractivity (Wildman–Crippen MR) is 79.7 cm³/mol. The number of hydrogen-bond donors (Lipinski definition) is 1. The topological polar surface area (TPSA) is 42.7 Å². The lowest BCUT2D eigenvalue weighted by atomic mass is 9.78. The normalized spacial score (nSPS) is 19.6. The fraction of sp³-hybridized carbons (Fsp3) is 0.500. The summed E-state index contributed by atoms with van der Waals surface area (Å²) in [6.07, 6.45) is 6.30. The third-order valence-electron chi connectivity index (χ3n) is 4.48. The molecule has 2 unspecified atom stereocenters. The second kappa shape index (κ2) is 5.75. The van der Waals surface area contributed by atoms with Gasteiger partial charge in [-0.3, -0.25) is 4.68 Å². The molecular formula is C16H22N4. The number of hydrogen-bond acceptors (Lipinski definition) is 3. The summed E-state index contributed by atoms with van der Waals surface area (Å²) in [7, 11) is 4.02. The summed E-state index contributed by atoms with van der Waals surface area (Å²) in [5, 5.41) is 7.67. The summed E-state index contributed by atoms with van der Waals surface area (Å²) in [6.45, 7) is 0. The van der Waals surface area contributed by atoms with Crippen LogP contribution in [0.3, 0.4) is 0 Å². The number of rotatable bonds is 4. The largest absolute Gasteiger partial charge is 0.316 e. The zero-order valence-corrected chi connectivity index (χ0v) is 12.2. The van der Waals surface area contributed by atoms with Crippen LogP contribution < -0.4 is 5.32 Å². The van der Waals surface area contributed by atoms with E-state index in [-0.39, 0.29) is 0 Å². The number of aromatic nitrogens is 3. The first-order valence-electron chi connectivity index (χ1n) is 7.37. The molecule has 2 aromatic rings. The number of benzene rings is 1. The van der Waals surface area contributed by atoms with Crippen LogP contribution >= 0.6 is 0 Å². The Hall–Kier alpha value is -1.68. The van der Waals surface area contributed by atoms with E-state index in [9.17, 15) is 0 Å². The number of nitrogens with zero attached hydrogens (tertiary/aromatic N) is 3. The van der Waals surface area contributed by atoms with Gasteiger partial charge in [0.05, 0.1) is 0 Å². The smallest absolute Gasteiger partial charge is 0.138 e. The fourth-order valence-corrected chi connectivity index (χ4v) is 3.36. The SMILES string of the molecule is CNC(Cc1ncnn1C)C1CCCc2ccccc21. The molecule has 3 rings (SSSR count). The first-order valence-corrected chi connectivity index (χ1v) is 7.37. The van der Waals surface area contributed by atoms with Crippen LogP contribution in [0, 0.1) is 0 Å². The highest BCUT2D eigenvalue weighted by Crippen LogP contribution is 2.34. The number of nitrogens with one attached hydrogen (secondary N) is 1. The van der Waals surface area contributed by atoms with Crippen molar-refractivity contribution in [3.8, 4) is 0 Å². The standard InChI is InChI=1S/C16H22N4/c1-17-15(10-16-18-11-19-20(16)2)14-9-5-7-12-6-3-4-8-13(12)14/h3-4,6,8,11,14-15,17H,5,7,9-10H2,1-2H3. The van der Waals surface area contributed by atoms with Crippen molar-refractivity contribution >= 4 is 0 Å². The summed E-state index contributed by atoms with van der Waals surface area (Å²) in [6, 6.07) is 9.29. The van der Waals surface area contributed by atoms with Gasteiger partial charge in [0.25, 0.3) is 0 Å². The second-order valence-corrected chi connectivity index (χ2v) is 5.60. The monoisotopic (exact) mass is 270 g/mol. The van der Waals surface area contributed by atoms with Gasteiger partial charge < -0.3 is 5.32 Å². The van der Waals surface area contributed by atoms with Crippen molar-refractivity contribution in [2.75, 3.05) is 7.05 Å². The molecule has 0 radical (unpaired) electrons. The van der Waals surface area contributed by atoms with E-state index in [1.54, 1.807) is 6.33 Å². The molecule has 2 atom stereocenters. The van der Waals surface area contributed by atoms with E-state index in [0.29, 0.717) is 12.0 Å². The minimum absolute atomic E-state index is 0.416. The highest BCUT2D eigenvalue weighted by molar-refractivity contribution is 5.34. The Morgan fingerprint density at radius 1 is 1.40 bits per heavy atom. The molecule has 106 valence electrons. The predicted octanol–water partition coefficient (Wildman–Crippen LogP) is 2.07. The highest BCUT2D eigenvalue weighted by Gasteiger charge is 2.27. The van der Waals surface area contributed by atoms with E-state index in [1.165, 1.54) is 30.4 Å². The molecule has 0 bridgehead atoms. The van der Waals surface area contributed by atoms with E-state index in [1.807, 2.05) is 11.7 Å². The average Bonchev–Trinajstić information content (AvgIpc) is 2.89. The van der Waals surface area contributed by atoms with E-state index >= 15 is 0 Å². The van der Waals surface area contributed by atoms with Crippen LogP contribution in [0.2, 0.25) is 0 Å². The maximum absolute atomic E-state index is 4.37. The fourth-order valence-electron chi connectivity index (χ4n) is 3.36. The highest BCUT2D eigenvalue weighted by atomic mass is 15.3. The Bertz CT molecular complexity index is 575. The summed E-state index contributed by atoms with van der Waals surface area (Å²) >= 11 is 0. The van der Waals surface area contributed by atoms with Gasteiger partial charge in [0, 0.05) is 19.5 Å². The van der Waals surface area contributed by atoms with Gasteiger partial charge in [-0.15, -0.1) is 0 Å². The Kier molecular flexibility index (Phi) is 3.83. The van der Waals surface area contributed by atoms with Gasteiger partial charge >= 0.3 is 0 Å². The molecule has 1 heterocycles. The molecule has 0 fully saturated rings. The van der Waals surface area contributed by atoms with Crippen molar-refractivity contribution in [3.63, 3.8) is 0 Å². The lowest BCUT2D eigenvalue weighted by molar-refractivity contribution is 0.401. The first-order chi connectivity index (χ1) is 9.79. The zero-order valence-electron chi connectivity index (χ0n) is 12.2. The maximum atomic E-state index is 4.37. The van der Waals surface area contributed by atoms with Crippen LogP contribution in [0.25, 0.3) is 0 Å². The van der Waals surface area contributed by atoms with E-state index in [0.717, 1.165) is 12.2 Å². The van der Waals surface area contributed by atoms with Gasteiger partial charge in [-0.1, -0.05) is 24.3 Å². The summed E-state index contributed by atoms with van der Waals surface area (Å²) in [5.74, 6) is 1.62. The number of fused-ring (bicyclic) bond motifs is 1. The van der Waals surface area contributed by atoms with Crippen molar-refractivity contribution in [3.05, 3.63) is 47.5 Å². The number of aryl methyl sites for hydroxylation is 2. The summed E-state index contributed by atoms with van der Waals surface area (Å²) in [5.41, 5.74) is 3.03. The Labute approximate surface area is 120 Å². The van der Waals surface area contributed by atoms with Gasteiger partial charge in [-0.2, -0.15) is 5.10 Å². The minimum Gasteiger partial charge on any atom is -0.316 e. The van der Waals surface area contributed by atoms with Crippen LogP contribution in [0.1, 0.15) is 35.7 Å². The van der Waals surface area contributed by atoms with Gasteiger partial charge in [-0.05, 0) is 43.4 Å². The van der Waals surface area contributed by atoms with Crippen LogP contribution in [0.15, 0.2) is 30.6 Å². The average molecular weight is 270 g/mol. The molecule has 1 aromatic carbocycles. The molecule has 0 saturated heterocycles. The van der Waals surface area contributed by atoms with Crippen LogP contribution in [-0.4, -0.2) is 27.9 Å². The van der Waals surface area contributed by atoms with Crippen molar-refractivity contribution in [1.29, 1.82) is 0 Å². The minimum atomic E-state index is 0.416. The third kappa shape index (κ3) is 2.48. The van der Waals surface area contributed by atoms with Gasteiger partial charge in [0.1, 0.15) is 12.2 Å². The van der Waals surface area contributed by atoms with Gasteiger partial charge in [0.2, 0.25) is 0 Å². The molecule has 4 heteroatoms. The Morgan fingerprint density at radius 2 is 2.25 bits per heavy atom. The molecule has 0 spiro atoms. The molecule has 0 aliphatic heterocycles. The van der Waals surface area contributed by atoms with Crippen molar-refractivity contribution < 1.29 is 0 Å². The molecule has 0 amide bonds. The molecule has 1 aliphatic carbocycles. The van der Waals surface area contributed by atoms with Crippen molar-refractivity contribution in [2.24, 2.45) is 7.05 Å². The molecule has 1 aromatic heterocycles. The summed E-state index contributed by atoms with van der Waals surface area (Å²) in [4.78, 5) is 4.37. The number of likely N-dealkylation sites (N-methyl/N-ethyl adjacent to an activating group) is 1. The third-order valence-corrected chi connectivity index (χ3v) is 4.48. The van der Waals surface area contributed by atoms with E-state index in [2.05, 4.69) is 46.7 Å². The maximum Gasteiger partial charge on any atom is 0.138 e. The zero-order chi connectivity index (χ0) is 13.9. The molecule has 0 saturated carbocycles. The second-order valence-electron chi connectivity index (χ2n) is 5.60. The molecular weight excluding hydrogens is 248 g/mol. The van der Waals surface area contributed by atoms with Crippen LogP contribution in [0.4, 0.5) is 0 Å². The van der Waals surface area contributed by atoms with Gasteiger partial charge in [-0.25, -0.2) is 4.98 Å².